The molecule has 1 unspecified atom stereocenters. The van der Waals surface area contributed by atoms with Crippen LogP contribution in [0.2, 0.25) is 0 Å². The molecule has 0 aromatic heterocycles. The maximum absolute atomic E-state index is 12.8. The quantitative estimate of drug-likeness (QED) is 0.734. The number of ketones is 1. The lowest BCUT2D eigenvalue weighted by Gasteiger charge is -2.15. The highest BCUT2D eigenvalue weighted by Crippen LogP contribution is 2.35. The van der Waals surface area contributed by atoms with Gasteiger partial charge in [0.25, 0.3) is 0 Å². The van der Waals surface area contributed by atoms with Gasteiger partial charge in [0.05, 0.1) is 14.2 Å². The van der Waals surface area contributed by atoms with Gasteiger partial charge >= 0.3 is 0 Å². The number of hydrogen-bond donors (Lipinski definition) is 0. The van der Waals surface area contributed by atoms with Crippen LogP contribution in [0.4, 0.5) is 0 Å². The summed E-state index contributed by atoms with van der Waals surface area (Å²) in [5.41, 5.74) is 2.90. The molecule has 1 heterocycles. The van der Waals surface area contributed by atoms with Crippen molar-refractivity contribution in [3.05, 3.63) is 53.1 Å². The van der Waals surface area contributed by atoms with E-state index in [9.17, 15) is 4.79 Å². The van der Waals surface area contributed by atoms with E-state index in [-0.39, 0.29) is 5.78 Å². The Morgan fingerprint density at radius 2 is 1.68 bits per heavy atom. The van der Waals surface area contributed by atoms with E-state index in [1.54, 1.807) is 20.3 Å². The van der Waals surface area contributed by atoms with Gasteiger partial charge in [0, 0.05) is 18.5 Å². The Hall–Kier alpha value is -2.53. The number of nitrogens with zero attached hydrogens (tertiary/aromatic N) is 1. The molecule has 1 fully saturated rings. The summed E-state index contributed by atoms with van der Waals surface area (Å²) in [5, 5.41) is 0. The van der Waals surface area contributed by atoms with Gasteiger partial charge < -0.3 is 19.1 Å². The number of likely N-dealkylation sites (tertiary alicyclic amines) is 1. The van der Waals surface area contributed by atoms with E-state index in [1.807, 2.05) is 18.2 Å². The molecule has 0 radical (unpaired) electrons. The number of benzene rings is 2. The topological polar surface area (TPSA) is 48.0 Å². The molecule has 0 N–H and O–H groups in total. The average molecular weight is 381 g/mol. The number of Topliss-reactive ketones (excluding diaryl/α,β-unsaturated/α-hetero) is 1. The van der Waals surface area contributed by atoms with E-state index in [2.05, 4.69) is 17.0 Å². The van der Waals surface area contributed by atoms with Crippen LogP contribution < -0.4 is 14.2 Å². The maximum atomic E-state index is 12.8. The molecule has 2 aromatic carbocycles. The highest BCUT2D eigenvalue weighted by Gasteiger charge is 2.33. The smallest absolute Gasteiger partial charge is 0.204 e. The summed E-state index contributed by atoms with van der Waals surface area (Å²) in [5.74, 6) is 1.93. The Labute approximate surface area is 166 Å². The number of methoxy groups -OCH3 is 2. The first-order chi connectivity index (χ1) is 13.7. The van der Waals surface area contributed by atoms with Gasteiger partial charge in [-0.2, -0.15) is 0 Å². The molecule has 1 saturated heterocycles. The van der Waals surface area contributed by atoms with E-state index >= 15 is 0 Å². The number of rotatable bonds is 7. The molecule has 5 heteroatoms. The summed E-state index contributed by atoms with van der Waals surface area (Å²) in [4.78, 5) is 15.3. The second-order valence-electron chi connectivity index (χ2n) is 7.48. The van der Waals surface area contributed by atoms with Gasteiger partial charge in [0.15, 0.2) is 17.6 Å². The summed E-state index contributed by atoms with van der Waals surface area (Å²) >= 11 is 0. The van der Waals surface area contributed by atoms with Crippen LogP contribution in [0.25, 0.3) is 0 Å². The Morgan fingerprint density at radius 1 is 1.00 bits per heavy atom. The lowest BCUT2D eigenvalue weighted by molar-refractivity contribution is 0.0821. The zero-order valence-electron chi connectivity index (χ0n) is 16.6. The predicted molar refractivity (Wildman–Crippen MR) is 108 cm³/mol. The van der Waals surface area contributed by atoms with Crippen molar-refractivity contribution in [2.24, 2.45) is 0 Å². The molecule has 2 aromatic rings. The minimum atomic E-state index is -0.498. The van der Waals surface area contributed by atoms with E-state index < -0.39 is 6.10 Å². The molecule has 1 aliphatic heterocycles. The number of carbonyl (C=O) groups is 1. The monoisotopic (exact) mass is 381 g/mol. The molecule has 148 valence electrons. The van der Waals surface area contributed by atoms with Crippen LogP contribution in [-0.2, 0) is 12.8 Å². The van der Waals surface area contributed by atoms with Crippen molar-refractivity contribution in [2.45, 2.75) is 31.8 Å². The van der Waals surface area contributed by atoms with E-state index in [1.165, 1.54) is 31.5 Å². The largest absolute Gasteiger partial charge is 0.493 e. The highest BCUT2D eigenvalue weighted by molar-refractivity contribution is 6.04. The molecule has 2 aliphatic rings. The third kappa shape index (κ3) is 3.85. The minimum absolute atomic E-state index is 0.00550. The third-order valence-electron chi connectivity index (χ3n) is 5.69. The summed E-state index contributed by atoms with van der Waals surface area (Å²) in [7, 11) is 3.17. The number of carbonyl (C=O) groups excluding carboxylic acids is 1. The minimum Gasteiger partial charge on any atom is -0.493 e. The lowest BCUT2D eigenvalue weighted by atomic mass is 10.1. The molecule has 0 saturated carbocycles. The number of ether oxygens (including phenoxy) is 3. The highest BCUT2D eigenvalue weighted by atomic mass is 16.5. The van der Waals surface area contributed by atoms with Crippen molar-refractivity contribution in [3.8, 4) is 17.2 Å². The fourth-order valence-electron chi connectivity index (χ4n) is 4.07. The van der Waals surface area contributed by atoms with Crippen molar-refractivity contribution >= 4 is 5.78 Å². The third-order valence-corrected chi connectivity index (χ3v) is 5.69. The zero-order valence-corrected chi connectivity index (χ0v) is 16.6. The van der Waals surface area contributed by atoms with Crippen LogP contribution in [-0.4, -0.2) is 50.6 Å². The molecule has 1 aliphatic carbocycles. The van der Waals surface area contributed by atoms with Crippen LogP contribution in [0, 0.1) is 0 Å². The standard InChI is InChI=1S/C23H27NO4/c1-26-20-13-17-14-22(23(25)19(17)15-21(20)27-2)28-18-7-5-16(6-8-18)9-12-24-10-3-4-11-24/h5-8,13,15,22H,3-4,9-12,14H2,1-2H3. The molecule has 0 bridgehead atoms. The lowest BCUT2D eigenvalue weighted by Crippen LogP contribution is -2.23. The van der Waals surface area contributed by atoms with Crippen LogP contribution in [0.5, 0.6) is 17.2 Å². The second-order valence-corrected chi connectivity index (χ2v) is 7.48. The fraction of sp³-hybridized carbons (Fsp3) is 0.435. The van der Waals surface area contributed by atoms with Gasteiger partial charge in [0.1, 0.15) is 5.75 Å². The first kappa shape index (κ1) is 18.8. The molecule has 28 heavy (non-hydrogen) atoms. The summed E-state index contributed by atoms with van der Waals surface area (Å²) in [6, 6.07) is 11.8. The van der Waals surface area contributed by atoms with Crippen LogP contribution in [0.1, 0.15) is 34.3 Å². The fourth-order valence-corrected chi connectivity index (χ4v) is 4.07. The van der Waals surface area contributed by atoms with Crippen LogP contribution >= 0.6 is 0 Å². The van der Waals surface area contributed by atoms with Crippen molar-refractivity contribution in [3.63, 3.8) is 0 Å². The molecular formula is C23H27NO4. The van der Waals surface area contributed by atoms with Gasteiger partial charge in [0.2, 0.25) is 5.78 Å². The van der Waals surface area contributed by atoms with Gasteiger partial charge in [-0.3, -0.25) is 4.79 Å². The molecule has 1 atom stereocenters. The predicted octanol–water partition coefficient (Wildman–Crippen LogP) is 3.53. The van der Waals surface area contributed by atoms with Gasteiger partial charge in [-0.25, -0.2) is 0 Å². The zero-order chi connectivity index (χ0) is 19.5. The Bertz CT molecular complexity index is 840. The summed E-state index contributed by atoms with van der Waals surface area (Å²) < 4.78 is 16.7. The normalized spacial score (nSPS) is 18.9. The number of fused-ring (bicyclic) bond motifs is 1. The molecule has 4 rings (SSSR count). The first-order valence-corrected chi connectivity index (χ1v) is 9.95. The van der Waals surface area contributed by atoms with Gasteiger partial charge in [-0.1, -0.05) is 12.1 Å². The molecule has 5 nitrogen and oxygen atoms in total. The van der Waals surface area contributed by atoms with Gasteiger partial charge in [-0.05, 0) is 67.7 Å². The Kier molecular flexibility index (Phi) is 5.53. The van der Waals surface area contributed by atoms with E-state index in [0.717, 1.165) is 24.3 Å². The van der Waals surface area contributed by atoms with Crippen molar-refractivity contribution in [2.75, 3.05) is 33.9 Å². The molecular weight excluding hydrogens is 354 g/mol. The van der Waals surface area contributed by atoms with Crippen molar-refractivity contribution in [1.82, 2.24) is 4.90 Å². The average Bonchev–Trinajstić information content (AvgIpc) is 3.35. The second kappa shape index (κ2) is 8.23. The van der Waals surface area contributed by atoms with Crippen LogP contribution in [0.15, 0.2) is 36.4 Å². The van der Waals surface area contributed by atoms with E-state index in [4.69, 9.17) is 14.2 Å². The van der Waals surface area contributed by atoms with Crippen molar-refractivity contribution in [1.29, 1.82) is 0 Å². The Balaban J connectivity index is 1.39. The SMILES string of the molecule is COc1cc2c(cc1OC)C(=O)C(Oc1ccc(CCN3CCCC3)cc1)C2. The summed E-state index contributed by atoms with van der Waals surface area (Å²) in [6.07, 6.45) is 3.74. The van der Waals surface area contributed by atoms with E-state index in [0.29, 0.717) is 23.5 Å². The summed E-state index contributed by atoms with van der Waals surface area (Å²) in [6.45, 7) is 3.56. The van der Waals surface area contributed by atoms with Crippen LogP contribution in [0.3, 0.4) is 0 Å². The van der Waals surface area contributed by atoms with Gasteiger partial charge in [-0.15, -0.1) is 0 Å². The molecule has 0 amide bonds. The molecule has 0 spiro atoms. The number of hydrogen-bond acceptors (Lipinski definition) is 5. The van der Waals surface area contributed by atoms with Crippen molar-refractivity contribution < 1.29 is 19.0 Å². The maximum Gasteiger partial charge on any atom is 0.204 e. The Morgan fingerprint density at radius 3 is 2.36 bits per heavy atom. The first-order valence-electron chi connectivity index (χ1n) is 9.95.